The fourth-order valence-corrected chi connectivity index (χ4v) is 3.43. The summed E-state index contributed by atoms with van der Waals surface area (Å²) < 4.78 is 0. The lowest BCUT2D eigenvalue weighted by molar-refractivity contribution is 0.102. The molecule has 4 rings (SSSR count). The van der Waals surface area contributed by atoms with Crippen LogP contribution in [0.15, 0.2) is 72.5 Å². The van der Waals surface area contributed by atoms with Crippen LogP contribution in [0, 0.1) is 0 Å². The van der Waals surface area contributed by atoms with Gasteiger partial charge in [0.15, 0.2) is 0 Å². The van der Waals surface area contributed by atoms with Gasteiger partial charge >= 0.3 is 0 Å². The third-order valence-corrected chi connectivity index (χ3v) is 4.81. The molecule has 3 N–H and O–H groups in total. The number of amides is 1. The number of nitrogens with two attached hydrogens (primary N) is 1. The molecular formula is C20H15N5OS. The average molecular weight is 373 g/mol. The molecule has 0 aliphatic carbocycles. The molecule has 2 aromatic carbocycles. The topological polar surface area (TPSA) is 93.8 Å². The number of nitrogens with zero attached hydrogens (tertiary/aromatic N) is 3. The fraction of sp³-hybridized carbons (Fsp3) is 0. The highest BCUT2D eigenvalue weighted by Gasteiger charge is 2.11. The van der Waals surface area contributed by atoms with Gasteiger partial charge < -0.3 is 11.1 Å². The van der Waals surface area contributed by atoms with E-state index in [2.05, 4.69) is 20.3 Å². The monoisotopic (exact) mass is 373 g/mol. The van der Waals surface area contributed by atoms with E-state index in [1.807, 2.05) is 47.8 Å². The summed E-state index contributed by atoms with van der Waals surface area (Å²) >= 11 is 1.47. The van der Waals surface area contributed by atoms with Gasteiger partial charge in [0, 0.05) is 28.4 Å². The molecule has 27 heavy (non-hydrogen) atoms. The molecule has 132 valence electrons. The lowest BCUT2D eigenvalue weighted by Crippen LogP contribution is -2.11. The highest BCUT2D eigenvalue weighted by molar-refractivity contribution is 7.13. The Morgan fingerprint density at radius 2 is 1.93 bits per heavy atom. The summed E-state index contributed by atoms with van der Waals surface area (Å²) in [6.45, 7) is 0. The average Bonchev–Trinajstić information content (AvgIpc) is 3.19. The summed E-state index contributed by atoms with van der Waals surface area (Å²) in [5.74, 6) is 0.246. The zero-order chi connectivity index (χ0) is 18.6. The summed E-state index contributed by atoms with van der Waals surface area (Å²) in [4.78, 5) is 25.0. The van der Waals surface area contributed by atoms with E-state index in [0.29, 0.717) is 22.6 Å². The van der Waals surface area contributed by atoms with E-state index in [0.717, 1.165) is 16.3 Å². The maximum absolute atomic E-state index is 12.3. The second-order valence-corrected chi connectivity index (χ2v) is 6.62. The van der Waals surface area contributed by atoms with E-state index in [-0.39, 0.29) is 5.91 Å². The van der Waals surface area contributed by atoms with E-state index in [9.17, 15) is 4.79 Å². The van der Waals surface area contributed by atoms with Gasteiger partial charge in [-0.2, -0.15) is 0 Å². The molecule has 0 spiro atoms. The minimum atomic E-state index is -0.152. The largest absolute Gasteiger partial charge is 0.383 e. The van der Waals surface area contributed by atoms with Gasteiger partial charge in [-0.15, -0.1) is 11.3 Å². The summed E-state index contributed by atoms with van der Waals surface area (Å²) in [5.41, 5.74) is 9.63. The highest BCUT2D eigenvalue weighted by Crippen LogP contribution is 2.31. The number of nitrogen functional groups attached to an aromatic ring is 1. The first-order valence-electron chi connectivity index (χ1n) is 8.19. The normalized spacial score (nSPS) is 10.5. The van der Waals surface area contributed by atoms with Crippen molar-refractivity contribution in [1.29, 1.82) is 0 Å². The number of nitrogens with one attached hydrogen (secondary N) is 1. The van der Waals surface area contributed by atoms with Crippen LogP contribution in [-0.4, -0.2) is 20.9 Å². The van der Waals surface area contributed by atoms with Crippen LogP contribution in [0.3, 0.4) is 0 Å². The van der Waals surface area contributed by atoms with Crippen molar-refractivity contribution < 1.29 is 4.79 Å². The van der Waals surface area contributed by atoms with Crippen LogP contribution in [0.25, 0.3) is 21.8 Å². The van der Waals surface area contributed by atoms with Crippen LogP contribution in [0.2, 0.25) is 0 Å². The van der Waals surface area contributed by atoms with Crippen molar-refractivity contribution in [3.8, 4) is 21.8 Å². The highest BCUT2D eigenvalue weighted by atomic mass is 32.1. The molecule has 2 heterocycles. The van der Waals surface area contributed by atoms with E-state index < -0.39 is 0 Å². The third kappa shape index (κ3) is 3.68. The second kappa shape index (κ2) is 7.35. The smallest absolute Gasteiger partial charge is 0.255 e. The minimum Gasteiger partial charge on any atom is -0.383 e. The number of hydrogen-bond acceptors (Lipinski definition) is 6. The van der Waals surface area contributed by atoms with Crippen molar-refractivity contribution in [1.82, 2.24) is 15.0 Å². The minimum absolute atomic E-state index is 0.152. The maximum Gasteiger partial charge on any atom is 0.255 e. The number of benzene rings is 2. The third-order valence-electron chi connectivity index (χ3n) is 3.93. The van der Waals surface area contributed by atoms with Crippen molar-refractivity contribution in [3.63, 3.8) is 0 Å². The summed E-state index contributed by atoms with van der Waals surface area (Å²) in [7, 11) is 0. The Bertz CT molecular complexity index is 1090. The zero-order valence-corrected chi connectivity index (χ0v) is 15.0. The molecule has 0 aliphatic rings. The van der Waals surface area contributed by atoms with Crippen LogP contribution in [-0.2, 0) is 0 Å². The molecule has 0 radical (unpaired) electrons. The second-order valence-electron chi connectivity index (χ2n) is 5.76. The van der Waals surface area contributed by atoms with E-state index in [1.54, 1.807) is 18.3 Å². The molecule has 0 saturated heterocycles. The van der Waals surface area contributed by atoms with Gasteiger partial charge in [0.05, 0.1) is 11.3 Å². The molecule has 0 unspecified atom stereocenters. The van der Waals surface area contributed by atoms with Crippen LogP contribution in [0.4, 0.5) is 11.5 Å². The predicted octanol–water partition coefficient (Wildman–Crippen LogP) is 4.10. The van der Waals surface area contributed by atoms with Crippen LogP contribution in [0.1, 0.15) is 10.4 Å². The van der Waals surface area contributed by atoms with Gasteiger partial charge in [0.2, 0.25) is 0 Å². The van der Waals surface area contributed by atoms with E-state index in [4.69, 9.17) is 5.73 Å². The van der Waals surface area contributed by atoms with E-state index >= 15 is 0 Å². The molecule has 0 aliphatic heterocycles. The fourth-order valence-electron chi connectivity index (χ4n) is 2.58. The number of rotatable bonds is 4. The first-order valence-corrected chi connectivity index (χ1v) is 9.07. The van der Waals surface area contributed by atoms with Crippen LogP contribution < -0.4 is 11.1 Å². The SMILES string of the molecule is Nc1ncncc1-c1nc(-c2cccc(NC(=O)c3ccccc3)c2)cs1. The number of carbonyl (C=O) groups is 1. The predicted molar refractivity (Wildman–Crippen MR) is 107 cm³/mol. The number of carbonyl (C=O) groups excluding carboxylic acids is 1. The number of hydrogen-bond donors (Lipinski definition) is 2. The van der Waals surface area contributed by atoms with Crippen LogP contribution >= 0.6 is 11.3 Å². The van der Waals surface area contributed by atoms with Crippen molar-refractivity contribution >= 4 is 28.7 Å². The Labute approximate surface area is 159 Å². The first kappa shape index (κ1) is 16.9. The van der Waals surface area contributed by atoms with Gasteiger partial charge in [-0.25, -0.2) is 15.0 Å². The Morgan fingerprint density at radius 3 is 2.74 bits per heavy atom. The number of anilines is 2. The van der Waals surface area contributed by atoms with Gasteiger partial charge in [-0.05, 0) is 24.3 Å². The Balaban J connectivity index is 1.58. The Kier molecular flexibility index (Phi) is 4.59. The quantitative estimate of drug-likeness (QED) is 0.562. The van der Waals surface area contributed by atoms with Crippen molar-refractivity contribution in [2.75, 3.05) is 11.1 Å². The lowest BCUT2D eigenvalue weighted by Gasteiger charge is -2.06. The molecule has 0 bridgehead atoms. The van der Waals surface area contributed by atoms with E-state index in [1.165, 1.54) is 17.7 Å². The van der Waals surface area contributed by atoms with Gasteiger partial charge in [0.25, 0.3) is 5.91 Å². The van der Waals surface area contributed by atoms with Gasteiger partial charge in [-0.1, -0.05) is 30.3 Å². The molecular weight excluding hydrogens is 358 g/mol. The first-order chi connectivity index (χ1) is 13.2. The number of aromatic nitrogens is 3. The standard InChI is InChI=1S/C20H15N5OS/c21-18-16(10-22-12-23-18)20-25-17(11-27-20)14-7-4-8-15(9-14)24-19(26)13-5-2-1-3-6-13/h1-12H,(H,24,26)(H2,21,22,23). The number of thiazole rings is 1. The van der Waals surface area contributed by atoms with Crippen molar-refractivity contribution in [2.24, 2.45) is 0 Å². The molecule has 1 amide bonds. The van der Waals surface area contributed by atoms with Gasteiger partial charge in [0.1, 0.15) is 17.2 Å². The van der Waals surface area contributed by atoms with Gasteiger partial charge in [-0.3, -0.25) is 4.79 Å². The zero-order valence-electron chi connectivity index (χ0n) is 14.2. The Hall–Kier alpha value is -3.58. The molecule has 6 nitrogen and oxygen atoms in total. The summed E-state index contributed by atoms with van der Waals surface area (Å²) in [6.07, 6.45) is 3.06. The summed E-state index contributed by atoms with van der Waals surface area (Å²) in [6, 6.07) is 16.7. The molecule has 2 aromatic heterocycles. The molecule has 7 heteroatoms. The lowest BCUT2D eigenvalue weighted by atomic mass is 10.1. The van der Waals surface area contributed by atoms with Crippen LogP contribution in [0.5, 0.6) is 0 Å². The molecule has 0 atom stereocenters. The molecule has 4 aromatic rings. The van der Waals surface area contributed by atoms with Crippen molar-refractivity contribution in [2.45, 2.75) is 0 Å². The van der Waals surface area contributed by atoms with Crippen molar-refractivity contribution in [3.05, 3.63) is 78.1 Å². The molecule has 0 saturated carbocycles. The maximum atomic E-state index is 12.3. The summed E-state index contributed by atoms with van der Waals surface area (Å²) in [5, 5.41) is 5.61. The molecule has 0 fully saturated rings. The Morgan fingerprint density at radius 1 is 1.07 bits per heavy atom.